The van der Waals surface area contributed by atoms with Gasteiger partial charge in [-0.05, 0) is 24.3 Å². The normalized spacial score (nSPS) is 10.2. The molecule has 3 aromatic rings. The molecule has 0 heterocycles. The molecule has 0 fully saturated rings. The van der Waals surface area contributed by atoms with Gasteiger partial charge in [0.1, 0.15) is 17.1 Å². The van der Waals surface area contributed by atoms with Crippen molar-refractivity contribution in [2.75, 3.05) is 19.0 Å². The number of methoxy groups -OCH3 is 1. The summed E-state index contributed by atoms with van der Waals surface area (Å²) >= 11 is 0. The molecule has 3 aromatic carbocycles. The van der Waals surface area contributed by atoms with Crippen molar-refractivity contribution in [2.24, 2.45) is 0 Å². The summed E-state index contributed by atoms with van der Waals surface area (Å²) in [5.41, 5.74) is 1.01. The van der Waals surface area contributed by atoms with Crippen LogP contribution in [0.4, 0.5) is 5.69 Å². The van der Waals surface area contributed by atoms with Crippen molar-refractivity contribution in [3.63, 3.8) is 0 Å². The van der Waals surface area contributed by atoms with E-state index in [-0.39, 0.29) is 17.1 Å². The Morgan fingerprint density at radius 2 is 1.60 bits per heavy atom. The average molecular weight is 405 g/mol. The number of rotatable bonds is 7. The maximum absolute atomic E-state index is 12.7. The van der Waals surface area contributed by atoms with Crippen molar-refractivity contribution in [1.29, 1.82) is 0 Å². The number of hydrogen-bond acceptors (Lipinski definition) is 6. The highest BCUT2D eigenvalue weighted by molar-refractivity contribution is 6.14. The van der Waals surface area contributed by atoms with Crippen LogP contribution >= 0.6 is 0 Å². The van der Waals surface area contributed by atoms with Gasteiger partial charge in [-0.25, -0.2) is 4.79 Å². The maximum atomic E-state index is 12.7. The smallest absolute Gasteiger partial charge is 0.342 e. The fourth-order valence-corrected chi connectivity index (χ4v) is 2.74. The Morgan fingerprint density at radius 3 is 2.30 bits per heavy atom. The van der Waals surface area contributed by atoms with E-state index in [9.17, 15) is 19.5 Å². The summed E-state index contributed by atoms with van der Waals surface area (Å²) < 4.78 is 9.92. The van der Waals surface area contributed by atoms with Crippen molar-refractivity contribution in [1.82, 2.24) is 0 Å². The van der Waals surface area contributed by atoms with E-state index in [0.717, 1.165) is 0 Å². The third-order valence-corrected chi connectivity index (χ3v) is 4.24. The molecule has 0 aromatic heterocycles. The predicted octanol–water partition coefficient (Wildman–Crippen LogP) is 3.43. The van der Waals surface area contributed by atoms with Gasteiger partial charge in [-0.15, -0.1) is 0 Å². The summed E-state index contributed by atoms with van der Waals surface area (Å²) in [7, 11) is 1.43. The number of amides is 1. The molecule has 0 saturated carbocycles. The quantitative estimate of drug-likeness (QED) is 0.461. The summed E-state index contributed by atoms with van der Waals surface area (Å²) in [6, 6.07) is 19.3. The standard InChI is InChI=1S/C23H19NO6/c1-29-16-11-12-18(20(25)13-16)23(28)30-14-21(26)24-19-10-6-5-9-17(19)22(27)15-7-3-2-4-8-15/h2-13,25H,14H2,1H3,(H,24,26). The number of ether oxygens (including phenoxy) is 2. The van der Waals surface area contributed by atoms with E-state index in [1.807, 2.05) is 0 Å². The molecule has 0 aliphatic heterocycles. The monoisotopic (exact) mass is 405 g/mol. The second-order valence-corrected chi connectivity index (χ2v) is 6.25. The van der Waals surface area contributed by atoms with E-state index in [0.29, 0.717) is 22.6 Å². The van der Waals surface area contributed by atoms with Crippen LogP contribution in [0, 0.1) is 0 Å². The van der Waals surface area contributed by atoms with Gasteiger partial charge in [0.2, 0.25) is 0 Å². The molecular weight excluding hydrogens is 386 g/mol. The van der Waals surface area contributed by atoms with E-state index in [1.54, 1.807) is 54.6 Å². The van der Waals surface area contributed by atoms with Crippen LogP contribution < -0.4 is 10.1 Å². The van der Waals surface area contributed by atoms with E-state index in [1.165, 1.54) is 25.3 Å². The van der Waals surface area contributed by atoms with E-state index >= 15 is 0 Å². The Kier molecular flexibility index (Phi) is 6.44. The van der Waals surface area contributed by atoms with Gasteiger partial charge in [-0.2, -0.15) is 0 Å². The van der Waals surface area contributed by atoms with Gasteiger partial charge in [0, 0.05) is 17.2 Å². The molecule has 0 saturated heterocycles. The van der Waals surface area contributed by atoms with Crippen LogP contribution in [-0.2, 0) is 9.53 Å². The number of anilines is 1. The number of carbonyl (C=O) groups excluding carboxylic acids is 3. The lowest BCUT2D eigenvalue weighted by molar-refractivity contribution is -0.119. The Balaban J connectivity index is 1.66. The van der Waals surface area contributed by atoms with Crippen LogP contribution in [-0.4, -0.2) is 36.5 Å². The molecule has 3 rings (SSSR count). The lowest BCUT2D eigenvalue weighted by Crippen LogP contribution is -2.22. The molecule has 7 nitrogen and oxygen atoms in total. The first-order valence-electron chi connectivity index (χ1n) is 9.02. The zero-order valence-electron chi connectivity index (χ0n) is 16.1. The highest BCUT2D eigenvalue weighted by atomic mass is 16.5. The number of esters is 1. The number of para-hydroxylation sites is 1. The number of phenols is 1. The second-order valence-electron chi connectivity index (χ2n) is 6.25. The van der Waals surface area contributed by atoms with Gasteiger partial charge in [-0.1, -0.05) is 42.5 Å². The van der Waals surface area contributed by atoms with Crippen LogP contribution in [0.25, 0.3) is 0 Å². The molecule has 30 heavy (non-hydrogen) atoms. The van der Waals surface area contributed by atoms with Crippen LogP contribution in [0.15, 0.2) is 72.8 Å². The molecule has 7 heteroatoms. The van der Waals surface area contributed by atoms with E-state index in [4.69, 9.17) is 9.47 Å². The molecule has 0 aliphatic carbocycles. The Bertz CT molecular complexity index is 1080. The van der Waals surface area contributed by atoms with Gasteiger partial charge < -0.3 is 19.9 Å². The first-order valence-corrected chi connectivity index (χ1v) is 9.02. The fraction of sp³-hybridized carbons (Fsp3) is 0.0870. The number of benzene rings is 3. The summed E-state index contributed by atoms with van der Waals surface area (Å²) in [4.78, 5) is 37.1. The second kappa shape index (κ2) is 9.38. The summed E-state index contributed by atoms with van der Waals surface area (Å²) in [6.07, 6.45) is 0. The molecule has 152 valence electrons. The van der Waals surface area contributed by atoms with E-state index < -0.39 is 18.5 Å². The fourth-order valence-electron chi connectivity index (χ4n) is 2.74. The number of ketones is 1. The van der Waals surface area contributed by atoms with E-state index in [2.05, 4.69) is 5.32 Å². The van der Waals surface area contributed by atoms with Crippen LogP contribution in [0.2, 0.25) is 0 Å². The highest BCUT2D eigenvalue weighted by Crippen LogP contribution is 2.24. The summed E-state index contributed by atoms with van der Waals surface area (Å²) in [5, 5.41) is 12.5. The van der Waals surface area contributed by atoms with Gasteiger partial charge in [-0.3, -0.25) is 9.59 Å². The van der Waals surface area contributed by atoms with Crippen LogP contribution in [0.1, 0.15) is 26.3 Å². The van der Waals surface area contributed by atoms with Crippen molar-refractivity contribution in [3.05, 3.63) is 89.5 Å². The zero-order valence-corrected chi connectivity index (χ0v) is 16.1. The number of hydrogen-bond donors (Lipinski definition) is 2. The molecule has 0 unspecified atom stereocenters. The Hall–Kier alpha value is -4.13. The topological polar surface area (TPSA) is 102 Å². The van der Waals surface area contributed by atoms with Gasteiger partial charge in [0.15, 0.2) is 12.4 Å². The summed E-state index contributed by atoms with van der Waals surface area (Å²) in [5.74, 6) is -1.67. The number of carbonyl (C=O) groups is 3. The summed E-state index contributed by atoms with van der Waals surface area (Å²) in [6.45, 7) is -0.585. The van der Waals surface area contributed by atoms with Gasteiger partial charge in [0.25, 0.3) is 5.91 Å². The minimum Gasteiger partial charge on any atom is -0.507 e. The molecule has 0 bridgehead atoms. The number of phenolic OH excluding ortho intramolecular Hbond substituents is 1. The lowest BCUT2D eigenvalue weighted by Gasteiger charge is -2.11. The Labute approximate surface area is 172 Å². The predicted molar refractivity (Wildman–Crippen MR) is 110 cm³/mol. The zero-order chi connectivity index (χ0) is 21.5. The molecule has 0 aliphatic rings. The van der Waals surface area contributed by atoms with Crippen molar-refractivity contribution < 1.29 is 29.0 Å². The Morgan fingerprint density at radius 1 is 0.900 bits per heavy atom. The third kappa shape index (κ3) is 4.82. The highest BCUT2D eigenvalue weighted by Gasteiger charge is 2.17. The first kappa shape index (κ1) is 20.6. The third-order valence-electron chi connectivity index (χ3n) is 4.24. The minimum atomic E-state index is -0.862. The lowest BCUT2D eigenvalue weighted by atomic mass is 10.0. The van der Waals surface area contributed by atoms with Crippen molar-refractivity contribution in [2.45, 2.75) is 0 Å². The average Bonchev–Trinajstić information content (AvgIpc) is 2.78. The van der Waals surface area contributed by atoms with Crippen molar-refractivity contribution in [3.8, 4) is 11.5 Å². The molecule has 0 radical (unpaired) electrons. The minimum absolute atomic E-state index is 0.0942. The van der Waals surface area contributed by atoms with Crippen LogP contribution in [0.5, 0.6) is 11.5 Å². The van der Waals surface area contributed by atoms with Gasteiger partial charge in [0.05, 0.1) is 12.8 Å². The molecular formula is C23H19NO6. The largest absolute Gasteiger partial charge is 0.507 e. The van der Waals surface area contributed by atoms with Crippen molar-refractivity contribution >= 4 is 23.3 Å². The first-order chi connectivity index (χ1) is 14.5. The van der Waals surface area contributed by atoms with Gasteiger partial charge >= 0.3 is 5.97 Å². The number of aromatic hydroxyl groups is 1. The maximum Gasteiger partial charge on any atom is 0.342 e. The molecule has 1 amide bonds. The number of nitrogens with one attached hydrogen (secondary N) is 1. The molecule has 2 N–H and O–H groups in total. The van der Waals surface area contributed by atoms with Crippen LogP contribution in [0.3, 0.4) is 0 Å². The molecule has 0 atom stereocenters. The molecule has 0 spiro atoms. The SMILES string of the molecule is COc1ccc(C(=O)OCC(=O)Nc2ccccc2C(=O)c2ccccc2)c(O)c1.